The molecule has 7 nitrogen and oxygen atoms in total. The van der Waals surface area contributed by atoms with Crippen molar-refractivity contribution in [3.05, 3.63) is 27.2 Å². The number of piperidine rings is 1. The number of nitrogens with one attached hydrogen (secondary N) is 1. The van der Waals surface area contributed by atoms with E-state index in [9.17, 15) is 4.79 Å². The first-order valence-corrected chi connectivity index (χ1v) is 10.4. The van der Waals surface area contributed by atoms with Crippen LogP contribution in [0.2, 0.25) is 0 Å². The van der Waals surface area contributed by atoms with Crippen molar-refractivity contribution in [2.45, 2.75) is 58.5 Å². The smallest absolute Gasteiger partial charge is 0.265 e. The zero-order valence-electron chi connectivity index (χ0n) is 15.5. The van der Waals surface area contributed by atoms with Crippen molar-refractivity contribution in [2.24, 2.45) is 0 Å². The summed E-state index contributed by atoms with van der Waals surface area (Å²) in [5.74, 6) is 2.69. The predicted octanol–water partition coefficient (Wildman–Crippen LogP) is 2.12. The highest BCUT2D eigenvalue weighted by Gasteiger charge is 2.30. The molecule has 2 aromatic heterocycles. The Bertz CT molecular complexity index is 790. The van der Waals surface area contributed by atoms with E-state index >= 15 is 0 Å². The standard InChI is InChI=1S/C18H26N6OS/c1-3-4-15-20-12(2)16(26-15)18(25)23-8-5-13(6-9-23)17-22-21-14-11-19-7-10-24(14)17/h13,19H,3-11H2,1-2H3. The summed E-state index contributed by atoms with van der Waals surface area (Å²) in [7, 11) is 0. The largest absolute Gasteiger partial charge is 0.338 e. The van der Waals surface area contributed by atoms with Gasteiger partial charge in [0.25, 0.3) is 5.91 Å². The second-order valence-electron chi connectivity index (χ2n) is 7.14. The molecule has 0 aromatic carbocycles. The maximum atomic E-state index is 12.9. The zero-order valence-corrected chi connectivity index (χ0v) is 16.3. The normalized spacial score (nSPS) is 18.2. The van der Waals surface area contributed by atoms with Crippen LogP contribution in [0, 0.1) is 6.92 Å². The van der Waals surface area contributed by atoms with E-state index in [0.717, 1.165) is 85.6 Å². The Morgan fingerprint density at radius 2 is 2.08 bits per heavy atom. The molecule has 0 unspecified atom stereocenters. The molecule has 4 heterocycles. The van der Waals surface area contributed by atoms with Crippen LogP contribution in [0.4, 0.5) is 0 Å². The number of likely N-dealkylation sites (tertiary alicyclic amines) is 1. The molecule has 1 amide bonds. The Balaban J connectivity index is 1.42. The number of nitrogens with zero attached hydrogens (tertiary/aromatic N) is 5. The van der Waals surface area contributed by atoms with Crippen molar-refractivity contribution >= 4 is 17.2 Å². The fourth-order valence-electron chi connectivity index (χ4n) is 3.87. The highest BCUT2D eigenvalue weighted by atomic mass is 32.1. The van der Waals surface area contributed by atoms with Crippen molar-refractivity contribution in [3.63, 3.8) is 0 Å². The van der Waals surface area contributed by atoms with Gasteiger partial charge in [-0.1, -0.05) is 6.92 Å². The number of thiazole rings is 1. The second-order valence-corrected chi connectivity index (χ2v) is 8.23. The van der Waals surface area contributed by atoms with E-state index in [1.807, 2.05) is 11.8 Å². The van der Waals surface area contributed by atoms with Crippen LogP contribution in [0.1, 0.15) is 64.1 Å². The summed E-state index contributed by atoms with van der Waals surface area (Å²) in [6, 6.07) is 0. The lowest BCUT2D eigenvalue weighted by Gasteiger charge is -2.32. The molecular weight excluding hydrogens is 348 g/mol. The van der Waals surface area contributed by atoms with Gasteiger partial charge in [0.1, 0.15) is 16.5 Å². The van der Waals surface area contributed by atoms with Crippen LogP contribution in [0.5, 0.6) is 0 Å². The van der Waals surface area contributed by atoms with Crippen LogP contribution in [0.25, 0.3) is 0 Å². The number of carbonyl (C=O) groups is 1. The number of amides is 1. The first-order valence-electron chi connectivity index (χ1n) is 9.55. The lowest BCUT2D eigenvalue weighted by atomic mass is 9.95. The minimum atomic E-state index is 0.147. The van der Waals surface area contributed by atoms with Gasteiger partial charge < -0.3 is 14.8 Å². The molecule has 140 valence electrons. The van der Waals surface area contributed by atoms with Gasteiger partial charge in [0, 0.05) is 32.1 Å². The number of aryl methyl sites for hydroxylation is 2. The molecule has 0 radical (unpaired) electrons. The van der Waals surface area contributed by atoms with Gasteiger partial charge in [0.2, 0.25) is 0 Å². The second kappa shape index (κ2) is 7.44. The van der Waals surface area contributed by atoms with Gasteiger partial charge in [0.15, 0.2) is 0 Å². The molecule has 1 N–H and O–H groups in total. The molecule has 4 rings (SSSR count). The summed E-state index contributed by atoms with van der Waals surface area (Å²) in [5.41, 5.74) is 0.879. The predicted molar refractivity (Wildman–Crippen MR) is 100 cm³/mol. The lowest BCUT2D eigenvalue weighted by molar-refractivity contribution is 0.0714. The van der Waals surface area contributed by atoms with Gasteiger partial charge in [-0.2, -0.15) is 0 Å². The number of hydrogen-bond donors (Lipinski definition) is 1. The van der Waals surface area contributed by atoms with Gasteiger partial charge in [-0.25, -0.2) is 4.98 Å². The minimum absolute atomic E-state index is 0.147. The maximum Gasteiger partial charge on any atom is 0.265 e. The van der Waals surface area contributed by atoms with E-state index in [0.29, 0.717) is 5.92 Å². The Hall–Kier alpha value is -1.80. The molecule has 0 saturated carbocycles. The summed E-state index contributed by atoms with van der Waals surface area (Å²) in [6.07, 6.45) is 3.92. The van der Waals surface area contributed by atoms with Crippen molar-refractivity contribution in [1.29, 1.82) is 0 Å². The van der Waals surface area contributed by atoms with E-state index in [4.69, 9.17) is 0 Å². The number of fused-ring (bicyclic) bond motifs is 1. The zero-order chi connectivity index (χ0) is 18.1. The average molecular weight is 375 g/mol. The van der Waals surface area contributed by atoms with E-state index in [1.165, 1.54) is 0 Å². The van der Waals surface area contributed by atoms with Crippen molar-refractivity contribution < 1.29 is 4.79 Å². The first kappa shape index (κ1) is 17.6. The van der Waals surface area contributed by atoms with Crippen molar-refractivity contribution in [3.8, 4) is 0 Å². The van der Waals surface area contributed by atoms with Gasteiger partial charge in [0.05, 0.1) is 17.2 Å². The maximum absolute atomic E-state index is 12.9. The van der Waals surface area contributed by atoms with Gasteiger partial charge in [-0.3, -0.25) is 4.79 Å². The molecule has 26 heavy (non-hydrogen) atoms. The number of rotatable bonds is 4. The molecule has 0 atom stereocenters. The number of carbonyl (C=O) groups excluding carboxylic acids is 1. The Morgan fingerprint density at radius 1 is 1.27 bits per heavy atom. The molecule has 8 heteroatoms. The minimum Gasteiger partial charge on any atom is -0.338 e. The molecule has 1 fully saturated rings. The first-order chi connectivity index (χ1) is 12.7. The molecule has 0 aliphatic carbocycles. The third-order valence-electron chi connectivity index (χ3n) is 5.30. The van der Waals surface area contributed by atoms with Crippen molar-refractivity contribution in [2.75, 3.05) is 19.6 Å². The summed E-state index contributed by atoms with van der Waals surface area (Å²) in [5, 5.41) is 13.2. The van der Waals surface area contributed by atoms with Crippen LogP contribution >= 0.6 is 11.3 Å². The van der Waals surface area contributed by atoms with Gasteiger partial charge in [-0.15, -0.1) is 21.5 Å². The van der Waals surface area contributed by atoms with Crippen LogP contribution in [-0.4, -0.2) is 50.2 Å². The Kier molecular flexibility index (Phi) is 5.04. The molecule has 0 bridgehead atoms. The van der Waals surface area contributed by atoms with Crippen LogP contribution < -0.4 is 5.32 Å². The lowest BCUT2D eigenvalue weighted by Crippen LogP contribution is -2.38. The SMILES string of the molecule is CCCc1nc(C)c(C(=O)N2CCC(c3nnc4n3CCNC4)CC2)s1. The fourth-order valence-corrected chi connectivity index (χ4v) is 5.01. The van der Waals surface area contributed by atoms with Crippen LogP contribution in [-0.2, 0) is 19.5 Å². The average Bonchev–Trinajstić information content (AvgIpc) is 3.25. The molecular formula is C18H26N6OS. The molecule has 2 aromatic rings. The van der Waals surface area contributed by atoms with Crippen LogP contribution in [0.3, 0.4) is 0 Å². The third kappa shape index (κ3) is 3.27. The Labute approximate surface area is 157 Å². The summed E-state index contributed by atoms with van der Waals surface area (Å²) >= 11 is 1.57. The van der Waals surface area contributed by atoms with Crippen molar-refractivity contribution in [1.82, 2.24) is 30.0 Å². The number of hydrogen-bond acceptors (Lipinski definition) is 6. The topological polar surface area (TPSA) is 75.9 Å². The van der Waals surface area contributed by atoms with E-state index in [-0.39, 0.29) is 5.91 Å². The van der Waals surface area contributed by atoms with Gasteiger partial charge in [-0.05, 0) is 32.6 Å². The highest BCUT2D eigenvalue weighted by Crippen LogP contribution is 2.30. The van der Waals surface area contributed by atoms with E-state index in [1.54, 1.807) is 11.3 Å². The third-order valence-corrected chi connectivity index (χ3v) is 6.50. The molecule has 2 aliphatic rings. The van der Waals surface area contributed by atoms with E-state index < -0.39 is 0 Å². The summed E-state index contributed by atoms with van der Waals surface area (Å²) in [4.78, 5) is 20.3. The quantitative estimate of drug-likeness (QED) is 0.887. The molecule has 0 spiro atoms. The highest BCUT2D eigenvalue weighted by molar-refractivity contribution is 7.13. The summed E-state index contributed by atoms with van der Waals surface area (Å²) in [6.45, 7) is 8.37. The molecule has 2 aliphatic heterocycles. The Morgan fingerprint density at radius 3 is 2.85 bits per heavy atom. The fraction of sp³-hybridized carbons (Fsp3) is 0.667. The van der Waals surface area contributed by atoms with E-state index in [2.05, 4.69) is 32.0 Å². The van der Waals surface area contributed by atoms with Crippen LogP contribution in [0.15, 0.2) is 0 Å². The summed E-state index contributed by atoms with van der Waals surface area (Å²) < 4.78 is 2.27. The van der Waals surface area contributed by atoms with Gasteiger partial charge >= 0.3 is 0 Å². The monoisotopic (exact) mass is 374 g/mol. The number of aromatic nitrogens is 4. The molecule has 1 saturated heterocycles.